The first kappa shape index (κ1) is 18.8. The lowest BCUT2D eigenvalue weighted by Gasteiger charge is -2.25. The quantitative estimate of drug-likeness (QED) is 0.744. The molecule has 0 bridgehead atoms. The molecule has 134 valence electrons. The topological polar surface area (TPSA) is 47.6 Å². The van der Waals surface area contributed by atoms with Crippen molar-refractivity contribution in [1.82, 2.24) is 5.32 Å². The van der Waals surface area contributed by atoms with E-state index in [0.717, 1.165) is 18.4 Å². The minimum Gasteiger partial charge on any atom is -0.493 e. The summed E-state index contributed by atoms with van der Waals surface area (Å²) < 4.78 is 10.6. The molecular formula is C21H27NO3. The van der Waals surface area contributed by atoms with Crippen molar-refractivity contribution >= 4 is 5.91 Å². The number of carbonyl (C=O) groups excluding carboxylic acids is 1. The molecule has 0 aliphatic carbocycles. The fourth-order valence-corrected chi connectivity index (χ4v) is 2.72. The highest BCUT2D eigenvalue weighted by Crippen LogP contribution is 2.33. The molecule has 1 N–H and O–H groups in total. The van der Waals surface area contributed by atoms with E-state index in [1.807, 2.05) is 50.2 Å². The first-order valence-corrected chi connectivity index (χ1v) is 8.53. The molecule has 2 aromatic carbocycles. The van der Waals surface area contributed by atoms with Crippen LogP contribution in [-0.4, -0.2) is 26.7 Å². The van der Waals surface area contributed by atoms with Crippen LogP contribution in [0.3, 0.4) is 0 Å². The van der Waals surface area contributed by atoms with Crippen LogP contribution in [0.2, 0.25) is 0 Å². The first-order chi connectivity index (χ1) is 12.0. The van der Waals surface area contributed by atoms with Gasteiger partial charge in [0.25, 0.3) is 0 Å². The molecule has 0 unspecified atom stereocenters. The Bertz CT molecular complexity index is 696. The molecule has 0 saturated carbocycles. The van der Waals surface area contributed by atoms with Crippen molar-refractivity contribution in [2.45, 2.75) is 32.1 Å². The summed E-state index contributed by atoms with van der Waals surface area (Å²) in [5, 5.41) is 3.05. The number of carbonyl (C=O) groups is 1. The predicted octanol–water partition coefficient (Wildman–Crippen LogP) is 3.73. The number of nitrogens with one attached hydrogen (secondary N) is 1. The lowest BCUT2D eigenvalue weighted by atomic mass is 9.83. The average molecular weight is 341 g/mol. The van der Waals surface area contributed by atoms with Crippen molar-refractivity contribution in [2.24, 2.45) is 0 Å². The van der Waals surface area contributed by atoms with Crippen molar-refractivity contribution in [3.05, 3.63) is 59.7 Å². The van der Waals surface area contributed by atoms with E-state index in [1.54, 1.807) is 14.2 Å². The van der Waals surface area contributed by atoms with Crippen molar-refractivity contribution in [1.29, 1.82) is 0 Å². The maximum atomic E-state index is 12.6. The van der Waals surface area contributed by atoms with Crippen LogP contribution in [0.4, 0.5) is 0 Å². The summed E-state index contributed by atoms with van der Waals surface area (Å²) >= 11 is 0. The number of hydrogen-bond donors (Lipinski definition) is 1. The van der Waals surface area contributed by atoms with Gasteiger partial charge in [-0.2, -0.15) is 0 Å². The highest BCUT2D eigenvalue weighted by Gasteiger charge is 2.30. The van der Waals surface area contributed by atoms with Gasteiger partial charge in [0.2, 0.25) is 5.91 Å². The van der Waals surface area contributed by atoms with E-state index < -0.39 is 5.41 Å². The van der Waals surface area contributed by atoms with E-state index in [2.05, 4.69) is 17.4 Å². The van der Waals surface area contributed by atoms with Crippen LogP contribution >= 0.6 is 0 Å². The van der Waals surface area contributed by atoms with Crippen LogP contribution < -0.4 is 14.8 Å². The second-order valence-corrected chi connectivity index (χ2v) is 6.54. The van der Waals surface area contributed by atoms with Crippen LogP contribution in [0.15, 0.2) is 48.5 Å². The monoisotopic (exact) mass is 341 g/mol. The van der Waals surface area contributed by atoms with Crippen molar-refractivity contribution in [3.8, 4) is 11.5 Å². The Morgan fingerprint density at radius 2 is 1.68 bits per heavy atom. The molecule has 25 heavy (non-hydrogen) atoms. The summed E-state index contributed by atoms with van der Waals surface area (Å²) in [6.07, 6.45) is 1.87. The van der Waals surface area contributed by atoms with E-state index >= 15 is 0 Å². The Labute approximate surface area is 150 Å². The third-order valence-electron chi connectivity index (χ3n) is 4.44. The van der Waals surface area contributed by atoms with E-state index in [9.17, 15) is 4.79 Å². The molecule has 0 spiro atoms. The molecule has 4 heteroatoms. The molecule has 0 saturated heterocycles. The van der Waals surface area contributed by atoms with Gasteiger partial charge in [0, 0.05) is 6.54 Å². The van der Waals surface area contributed by atoms with Crippen LogP contribution in [0.25, 0.3) is 0 Å². The highest BCUT2D eigenvalue weighted by molar-refractivity contribution is 5.87. The molecule has 1 amide bonds. The lowest BCUT2D eigenvalue weighted by Crippen LogP contribution is -2.40. The summed E-state index contributed by atoms with van der Waals surface area (Å²) in [6.45, 7) is 4.49. The maximum Gasteiger partial charge on any atom is 0.230 e. The summed E-state index contributed by atoms with van der Waals surface area (Å²) in [4.78, 5) is 12.6. The lowest BCUT2D eigenvalue weighted by molar-refractivity contribution is -0.125. The van der Waals surface area contributed by atoms with Gasteiger partial charge in [-0.1, -0.05) is 36.4 Å². The van der Waals surface area contributed by atoms with Gasteiger partial charge in [0.15, 0.2) is 11.5 Å². The standard InChI is InChI=1S/C21H27NO3/c1-21(2,17-12-13-18(24-3)19(15-17)25-4)20(23)22-14-8-11-16-9-6-5-7-10-16/h5-7,9-10,12-13,15H,8,11,14H2,1-4H3,(H,22,23). The fourth-order valence-electron chi connectivity index (χ4n) is 2.72. The zero-order chi connectivity index (χ0) is 18.3. The first-order valence-electron chi connectivity index (χ1n) is 8.53. The second kappa shape index (κ2) is 8.56. The van der Waals surface area contributed by atoms with Gasteiger partial charge >= 0.3 is 0 Å². The zero-order valence-electron chi connectivity index (χ0n) is 15.5. The Kier molecular flexibility index (Phi) is 6.45. The number of ether oxygens (including phenoxy) is 2. The van der Waals surface area contributed by atoms with E-state index in [1.165, 1.54) is 5.56 Å². The second-order valence-electron chi connectivity index (χ2n) is 6.54. The Balaban J connectivity index is 1.95. The van der Waals surface area contributed by atoms with Crippen molar-refractivity contribution < 1.29 is 14.3 Å². The number of benzene rings is 2. The van der Waals surface area contributed by atoms with Gasteiger partial charge in [-0.25, -0.2) is 0 Å². The number of methoxy groups -OCH3 is 2. The molecule has 0 aliphatic heterocycles. The maximum absolute atomic E-state index is 12.6. The van der Waals surface area contributed by atoms with Gasteiger partial charge in [-0.3, -0.25) is 4.79 Å². The summed E-state index contributed by atoms with van der Waals surface area (Å²) in [5.41, 5.74) is 1.54. The van der Waals surface area contributed by atoms with E-state index in [4.69, 9.17) is 9.47 Å². The number of amides is 1. The van der Waals surface area contributed by atoms with E-state index in [-0.39, 0.29) is 5.91 Å². The normalized spacial score (nSPS) is 11.0. The Hall–Kier alpha value is -2.49. The molecule has 0 heterocycles. The summed E-state index contributed by atoms with van der Waals surface area (Å²) in [6, 6.07) is 15.9. The predicted molar refractivity (Wildman–Crippen MR) is 100 cm³/mol. The molecule has 4 nitrogen and oxygen atoms in total. The Morgan fingerprint density at radius 1 is 1.00 bits per heavy atom. The van der Waals surface area contributed by atoms with Gasteiger partial charge in [0.05, 0.1) is 19.6 Å². The highest BCUT2D eigenvalue weighted by atomic mass is 16.5. The van der Waals surface area contributed by atoms with Crippen LogP contribution in [0, 0.1) is 0 Å². The van der Waals surface area contributed by atoms with Gasteiger partial charge in [-0.05, 0) is 49.9 Å². The van der Waals surface area contributed by atoms with Gasteiger partial charge in [0.1, 0.15) is 0 Å². The van der Waals surface area contributed by atoms with Crippen LogP contribution in [0.1, 0.15) is 31.4 Å². The molecule has 0 aliphatic rings. The smallest absolute Gasteiger partial charge is 0.230 e. The summed E-state index contributed by atoms with van der Waals surface area (Å²) in [5.74, 6) is 1.29. The van der Waals surface area contributed by atoms with Crippen molar-refractivity contribution in [3.63, 3.8) is 0 Å². The molecule has 2 aromatic rings. The molecular weight excluding hydrogens is 314 g/mol. The minimum atomic E-state index is -0.647. The van der Waals surface area contributed by atoms with Crippen molar-refractivity contribution in [2.75, 3.05) is 20.8 Å². The van der Waals surface area contributed by atoms with Crippen LogP contribution in [0.5, 0.6) is 11.5 Å². The molecule has 0 atom stereocenters. The molecule has 0 fully saturated rings. The average Bonchev–Trinajstić information content (AvgIpc) is 2.65. The summed E-state index contributed by atoms with van der Waals surface area (Å²) in [7, 11) is 3.19. The number of rotatable bonds is 8. The molecule has 0 radical (unpaired) electrons. The third-order valence-corrected chi connectivity index (χ3v) is 4.44. The zero-order valence-corrected chi connectivity index (χ0v) is 15.5. The van der Waals surface area contributed by atoms with Crippen LogP contribution in [-0.2, 0) is 16.6 Å². The third kappa shape index (κ3) is 4.75. The molecule has 0 aromatic heterocycles. The Morgan fingerprint density at radius 3 is 2.32 bits per heavy atom. The SMILES string of the molecule is COc1ccc(C(C)(C)C(=O)NCCCc2ccccc2)cc1OC. The van der Waals surface area contributed by atoms with Gasteiger partial charge < -0.3 is 14.8 Å². The largest absolute Gasteiger partial charge is 0.493 e. The number of aryl methyl sites for hydroxylation is 1. The minimum absolute atomic E-state index is 0.00721. The molecule has 2 rings (SSSR count). The van der Waals surface area contributed by atoms with E-state index in [0.29, 0.717) is 18.0 Å². The number of hydrogen-bond acceptors (Lipinski definition) is 3. The van der Waals surface area contributed by atoms with Gasteiger partial charge in [-0.15, -0.1) is 0 Å². The fraction of sp³-hybridized carbons (Fsp3) is 0.381.